The van der Waals surface area contributed by atoms with Crippen molar-refractivity contribution in [3.63, 3.8) is 0 Å². The molecule has 0 bridgehead atoms. The van der Waals surface area contributed by atoms with Gasteiger partial charge in [-0.1, -0.05) is 6.07 Å². The van der Waals surface area contributed by atoms with Gasteiger partial charge in [0.1, 0.15) is 18.1 Å². The molecule has 0 saturated carbocycles. The number of nitrogens with one attached hydrogen (secondary N) is 1. The molecule has 26 heavy (non-hydrogen) atoms. The number of piperidine rings is 1. The fraction of sp³-hybridized carbons (Fsp3) is 0.421. The van der Waals surface area contributed by atoms with Crippen LogP contribution in [0.15, 0.2) is 36.5 Å². The standard InChI is InChI=1S/C19H23N5O2/c1-21-19(25)18-7-9-24(22-18)16-5-3-8-23(14-16)10-11-26-17-6-2-4-15(12-17)13-20/h2,4,6-7,9,12,16H,3,5,8,10-11,14H2,1H3,(H,21,25)/t16-/m1/s1. The van der Waals surface area contributed by atoms with E-state index in [0.29, 0.717) is 17.9 Å². The van der Waals surface area contributed by atoms with Gasteiger partial charge in [-0.2, -0.15) is 10.4 Å². The molecule has 1 aromatic heterocycles. The van der Waals surface area contributed by atoms with Gasteiger partial charge in [-0.25, -0.2) is 0 Å². The summed E-state index contributed by atoms with van der Waals surface area (Å²) in [4.78, 5) is 14.0. The van der Waals surface area contributed by atoms with Crippen LogP contribution in [0.1, 0.15) is 34.9 Å². The summed E-state index contributed by atoms with van der Waals surface area (Å²) in [7, 11) is 1.61. The molecular weight excluding hydrogens is 330 g/mol. The van der Waals surface area contributed by atoms with Crippen molar-refractivity contribution >= 4 is 5.91 Å². The van der Waals surface area contributed by atoms with Crippen molar-refractivity contribution in [1.29, 1.82) is 5.26 Å². The molecule has 1 aliphatic heterocycles. The number of benzene rings is 1. The van der Waals surface area contributed by atoms with E-state index in [2.05, 4.69) is 21.4 Å². The third-order valence-electron chi connectivity index (χ3n) is 4.56. The molecule has 0 unspecified atom stereocenters. The number of carbonyl (C=O) groups is 1. The van der Waals surface area contributed by atoms with Crippen LogP contribution in [0, 0.1) is 11.3 Å². The third-order valence-corrected chi connectivity index (χ3v) is 4.56. The summed E-state index contributed by atoms with van der Waals surface area (Å²) in [6, 6.07) is 11.3. The molecule has 1 amide bonds. The monoisotopic (exact) mass is 353 g/mol. The van der Waals surface area contributed by atoms with E-state index in [-0.39, 0.29) is 11.9 Å². The molecule has 136 valence electrons. The number of amides is 1. The van der Waals surface area contributed by atoms with E-state index in [1.54, 1.807) is 25.2 Å². The summed E-state index contributed by atoms with van der Waals surface area (Å²) >= 11 is 0. The summed E-state index contributed by atoms with van der Waals surface area (Å²) in [6.07, 6.45) is 4.02. The van der Waals surface area contributed by atoms with E-state index in [1.165, 1.54) is 0 Å². The van der Waals surface area contributed by atoms with Crippen LogP contribution >= 0.6 is 0 Å². The summed E-state index contributed by atoms with van der Waals surface area (Å²) in [5, 5.41) is 15.9. The Bertz CT molecular complexity index is 795. The first kappa shape index (κ1) is 18.0. The summed E-state index contributed by atoms with van der Waals surface area (Å²) in [5.41, 5.74) is 1.05. The number of rotatable bonds is 6. The van der Waals surface area contributed by atoms with Gasteiger partial charge in [-0.3, -0.25) is 14.4 Å². The normalized spacial score (nSPS) is 17.5. The lowest BCUT2D eigenvalue weighted by molar-refractivity contribution is 0.0955. The summed E-state index contributed by atoms with van der Waals surface area (Å²) in [6.45, 7) is 3.30. The molecule has 3 rings (SSSR count). The molecule has 0 spiro atoms. The molecule has 2 heterocycles. The maximum atomic E-state index is 11.7. The second-order valence-electron chi connectivity index (χ2n) is 6.34. The highest BCUT2D eigenvalue weighted by Crippen LogP contribution is 2.21. The molecule has 1 aromatic carbocycles. The quantitative estimate of drug-likeness (QED) is 0.857. The molecule has 0 radical (unpaired) electrons. The van der Waals surface area contributed by atoms with Crippen molar-refractivity contribution in [1.82, 2.24) is 20.0 Å². The molecule has 7 heteroatoms. The fourth-order valence-corrected chi connectivity index (χ4v) is 3.19. The number of aromatic nitrogens is 2. The van der Waals surface area contributed by atoms with E-state index in [1.807, 2.05) is 23.0 Å². The van der Waals surface area contributed by atoms with Crippen molar-refractivity contribution in [2.24, 2.45) is 0 Å². The van der Waals surface area contributed by atoms with Gasteiger partial charge in [0.05, 0.1) is 17.7 Å². The highest BCUT2D eigenvalue weighted by molar-refractivity contribution is 5.91. The number of nitriles is 1. The average molecular weight is 353 g/mol. The minimum Gasteiger partial charge on any atom is -0.492 e. The Morgan fingerprint density at radius 3 is 3.15 bits per heavy atom. The predicted molar refractivity (Wildman–Crippen MR) is 97.0 cm³/mol. The maximum absolute atomic E-state index is 11.7. The van der Waals surface area contributed by atoms with Crippen molar-refractivity contribution in [2.75, 3.05) is 33.3 Å². The summed E-state index contributed by atoms with van der Waals surface area (Å²) < 4.78 is 7.67. The van der Waals surface area contributed by atoms with E-state index in [4.69, 9.17) is 10.00 Å². The Balaban J connectivity index is 1.51. The number of nitrogens with zero attached hydrogens (tertiary/aromatic N) is 4. The van der Waals surface area contributed by atoms with E-state index >= 15 is 0 Å². The van der Waals surface area contributed by atoms with Gasteiger partial charge in [0.25, 0.3) is 5.91 Å². The lowest BCUT2D eigenvalue weighted by Gasteiger charge is -2.32. The average Bonchev–Trinajstić information content (AvgIpc) is 3.18. The Labute approximate surface area is 153 Å². The van der Waals surface area contributed by atoms with Gasteiger partial charge in [0.2, 0.25) is 0 Å². The number of hydrogen-bond donors (Lipinski definition) is 1. The van der Waals surface area contributed by atoms with E-state index in [0.717, 1.165) is 38.2 Å². The smallest absolute Gasteiger partial charge is 0.271 e. The molecule has 2 aromatic rings. The zero-order valence-corrected chi connectivity index (χ0v) is 14.9. The molecule has 1 aliphatic rings. The largest absolute Gasteiger partial charge is 0.492 e. The van der Waals surface area contributed by atoms with Crippen LogP contribution in [0.2, 0.25) is 0 Å². The van der Waals surface area contributed by atoms with Crippen LogP contribution in [0.4, 0.5) is 0 Å². The Morgan fingerprint density at radius 1 is 1.46 bits per heavy atom. The van der Waals surface area contributed by atoms with Crippen LogP contribution in [-0.2, 0) is 0 Å². The Hall–Kier alpha value is -2.85. The number of hydrogen-bond acceptors (Lipinski definition) is 5. The van der Waals surface area contributed by atoms with Crippen molar-refractivity contribution in [3.05, 3.63) is 47.8 Å². The highest BCUT2D eigenvalue weighted by Gasteiger charge is 2.22. The second-order valence-corrected chi connectivity index (χ2v) is 6.34. The number of ether oxygens (including phenoxy) is 1. The first-order chi connectivity index (χ1) is 12.7. The van der Waals surface area contributed by atoms with Crippen LogP contribution in [0.5, 0.6) is 5.75 Å². The fourth-order valence-electron chi connectivity index (χ4n) is 3.19. The minimum absolute atomic E-state index is 0.163. The van der Waals surface area contributed by atoms with Gasteiger partial charge >= 0.3 is 0 Å². The van der Waals surface area contributed by atoms with Gasteiger partial charge in [0, 0.05) is 26.3 Å². The number of carbonyl (C=O) groups excluding carboxylic acids is 1. The maximum Gasteiger partial charge on any atom is 0.271 e. The first-order valence-corrected chi connectivity index (χ1v) is 8.82. The highest BCUT2D eigenvalue weighted by atomic mass is 16.5. The summed E-state index contributed by atoms with van der Waals surface area (Å²) in [5.74, 6) is 0.560. The van der Waals surface area contributed by atoms with Crippen LogP contribution < -0.4 is 10.1 Å². The molecule has 1 fully saturated rings. The van der Waals surface area contributed by atoms with E-state index in [9.17, 15) is 4.79 Å². The van der Waals surface area contributed by atoms with Crippen molar-refractivity contribution < 1.29 is 9.53 Å². The first-order valence-electron chi connectivity index (χ1n) is 8.82. The van der Waals surface area contributed by atoms with Crippen LogP contribution in [-0.4, -0.2) is 53.9 Å². The van der Waals surface area contributed by atoms with Crippen LogP contribution in [0.25, 0.3) is 0 Å². The zero-order chi connectivity index (χ0) is 18.4. The van der Waals surface area contributed by atoms with Gasteiger partial charge in [-0.05, 0) is 43.7 Å². The Kier molecular flexibility index (Phi) is 5.87. The molecule has 7 nitrogen and oxygen atoms in total. The van der Waals surface area contributed by atoms with Crippen molar-refractivity contribution in [2.45, 2.75) is 18.9 Å². The van der Waals surface area contributed by atoms with E-state index < -0.39 is 0 Å². The predicted octanol–water partition coefficient (Wildman–Crippen LogP) is 1.83. The molecule has 1 atom stereocenters. The zero-order valence-electron chi connectivity index (χ0n) is 14.9. The topological polar surface area (TPSA) is 83.2 Å². The molecule has 0 aliphatic carbocycles. The van der Waals surface area contributed by atoms with Crippen molar-refractivity contribution in [3.8, 4) is 11.8 Å². The minimum atomic E-state index is -0.163. The van der Waals surface area contributed by atoms with Crippen LogP contribution in [0.3, 0.4) is 0 Å². The van der Waals surface area contributed by atoms with Gasteiger partial charge < -0.3 is 10.1 Å². The Morgan fingerprint density at radius 2 is 2.35 bits per heavy atom. The SMILES string of the molecule is CNC(=O)c1ccn([C@@H]2CCCN(CCOc3cccc(C#N)c3)C2)n1. The number of likely N-dealkylation sites (tertiary alicyclic amines) is 1. The van der Waals surface area contributed by atoms with Gasteiger partial charge in [-0.15, -0.1) is 0 Å². The molecule has 1 N–H and O–H groups in total. The molecular formula is C19H23N5O2. The lowest BCUT2D eigenvalue weighted by atomic mass is 10.1. The third kappa shape index (κ3) is 4.41. The molecule has 1 saturated heterocycles. The lowest BCUT2D eigenvalue weighted by Crippen LogP contribution is -2.39. The second kappa shape index (κ2) is 8.50. The van der Waals surface area contributed by atoms with Gasteiger partial charge in [0.15, 0.2) is 0 Å².